The first-order valence-corrected chi connectivity index (χ1v) is 4.78. The van der Waals surface area contributed by atoms with Gasteiger partial charge in [0.05, 0.1) is 12.8 Å². The molecule has 0 fully saturated rings. The molecular formula is C11H9FN2O2. The molecule has 82 valence electrons. The van der Waals surface area contributed by atoms with Crippen molar-refractivity contribution in [3.8, 4) is 0 Å². The summed E-state index contributed by atoms with van der Waals surface area (Å²) >= 11 is 0. The topological polar surface area (TPSA) is 56.0 Å². The number of benzene rings is 1. The van der Waals surface area contributed by atoms with E-state index in [1.165, 1.54) is 6.07 Å². The molecule has 0 spiro atoms. The Bertz CT molecular complexity index is 496. The Balaban J connectivity index is 2.14. The summed E-state index contributed by atoms with van der Waals surface area (Å²) in [7, 11) is 0. The molecule has 0 aliphatic carbocycles. The molecule has 0 bridgehead atoms. The van der Waals surface area contributed by atoms with Crippen molar-refractivity contribution in [3.63, 3.8) is 0 Å². The molecular weight excluding hydrogens is 211 g/mol. The molecule has 0 unspecified atom stereocenters. The SMILES string of the molecule is O=CCc1noc(Cc2ccccc2F)n1. The van der Waals surface area contributed by atoms with Gasteiger partial charge in [-0.05, 0) is 11.6 Å². The molecule has 0 radical (unpaired) electrons. The summed E-state index contributed by atoms with van der Waals surface area (Å²) in [6.45, 7) is 0. The average molecular weight is 220 g/mol. The second-order valence-corrected chi connectivity index (χ2v) is 3.24. The lowest BCUT2D eigenvalue weighted by molar-refractivity contribution is -0.107. The van der Waals surface area contributed by atoms with E-state index in [-0.39, 0.29) is 18.7 Å². The number of hydrogen-bond acceptors (Lipinski definition) is 4. The lowest BCUT2D eigenvalue weighted by Crippen LogP contribution is -1.93. The monoisotopic (exact) mass is 220 g/mol. The summed E-state index contributed by atoms with van der Waals surface area (Å²) in [6, 6.07) is 6.38. The number of rotatable bonds is 4. The van der Waals surface area contributed by atoms with Gasteiger partial charge in [0.25, 0.3) is 0 Å². The van der Waals surface area contributed by atoms with Gasteiger partial charge in [0.2, 0.25) is 5.89 Å². The Kier molecular flexibility index (Phi) is 3.05. The van der Waals surface area contributed by atoms with Crippen LogP contribution in [0.2, 0.25) is 0 Å². The fraction of sp³-hybridized carbons (Fsp3) is 0.182. The van der Waals surface area contributed by atoms with E-state index < -0.39 is 0 Å². The van der Waals surface area contributed by atoms with Crippen molar-refractivity contribution >= 4 is 6.29 Å². The van der Waals surface area contributed by atoms with Crippen LogP contribution in [0.4, 0.5) is 4.39 Å². The molecule has 1 heterocycles. The zero-order valence-corrected chi connectivity index (χ0v) is 8.39. The van der Waals surface area contributed by atoms with Crippen LogP contribution in [0.1, 0.15) is 17.3 Å². The molecule has 16 heavy (non-hydrogen) atoms. The Morgan fingerprint density at radius 1 is 1.38 bits per heavy atom. The highest BCUT2D eigenvalue weighted by atomic mass is 19.1. The number of carbonyl (C=O) groups excluding carboxylic acids is 1. The molecule has 1 aromatic heterocycles. The second kappa shape index (κ2) is 4.65. The number of aromatic nitrogens is 2. The van der Waals surface area contributed by atoms with Gasteiger partial charge in [-0.2, -0.15) is 4.98 Å². The van der Waals surface area contributed by atoms with Crippen molar-refractivity contribution < 1.29 is 13.7 Å². The van der Waals surface area contributed by atoms with E-state index in [2.05, 4.69) is 10.1 Å². The number of hydrogen-bond donors (Lipinski definition) is 0. The summed E-state index contributed by atoms with van der Waals surface area (Å²) in [5.74, 6) is 0.320. The summed E-state index contributed by atoms with van der Waals surface area (Å²) in [6.07, 6.45) is 1.04. The van der Waals surface area contributed by atoms with E-state index in [4.69, 9.17) is 4.52 Å². The van der Waals surface area contributed by atoms with Gasteiger partial charge in [-0.3, -0.25) is 0 Å². The van der Waals surface area contributed by atoms with Gasteiger partial charge >= 0.3 is 0 Å². The maximum atomic E-state index is 13.3. The predicted octanol–water partition coefficient (Wildman–Crippen LogP) is 1.54. The minimum Gasteiger partial charge on any atom is -0.339 e. The molecule has 0 aliphatic heterocycles. The van der Waals surface area contributed by atoms with Crippen LogP contribution in [0.25, 0.3) is 0 Å². The van der Waals surface area contributed by atoms with Crippen LogP contribution in [0.5, 0.6) is 0 Å². The maximum absolute atomic E-state index is 13.3. The highest BCUT2D eigenvalue weighted by molar-refractivity contribution is 5.52. The molecule has 0 N–H and O–H groups in total. The van der Waals surface area contributed by atoms with E-state index >= 15 is 0 Å². The Labute approximate surface area is 91.1 Å². The highest BCUT2D eigenvalue weighted by Gasteiger charge is 2.09. The summed E-state index contributed by atoms with van der Waals surface area (Å²) in [5.41, 5.74) is 0.490. The van der Waals surface area contributed by atoms with E-state index in [1.54, 1.807) is 18.2 Å². The van der Waals surface area contributed by atoms with Gasteiger partial charge in [-0.1, -0.05) is 23.4 Å². The molecule has 0 saturated carbocycles. The largest absolute Gasteiger partial charge is 0.339 e. The number of halogens is 1. The van der Waals surface area contributed by atoms with Gasteiger partial charge in [-0.15, -0.1) is 0 Å². The predicted molar refractivity (Wildman–Crippen MR) is 53.3 cm³/mol. The highest BCUT2D eigenvalue weighted by Crippen LogP contribution is 2.11. The molecule has 4 nitrogen and oxygen atoms in total. The third-order valence-corrected chi connectivity index (χ3v) is 2.08. The number of carbonyl (C=O) groups is 1. The molecule has 5 heteroatoms. The van der Waals surface area contributed by atoms with E-state index in [9.17, 15) is 9.18 Å². The Hall–Kier alpha value is -2.04. The quantitative estimate of drug-likeness (QED) is 0.733. The van der Waals surface area contributed by atoms with Gasteiger partial charge in [0.15, 0.2) is 5.82 Å². The second-order valence-electron chi connectivity index (χ2n) is 3.24. The zero-order chi connectivity index (χ0) is 11.4. The third kappa shape index (κ3) is 2.31. The minimum atomic E-state index is -0.308. The van der Waals surface area contributed by atoms with Gasteiger partial charge < -0.3 is 9.32 Å². The molecule has 2 rings (SSSR count). The number of aldehydes is 1. The van der Waals surface area contributed by atoms with Crippen LogP contribution in [-0.2, 0) is 17.6 Å². The van der Waals surface area contributed by atoms with E-state index in [0.717, 1.165) is 0 Å². The van der Waals surface area contributed by atoms with Crippen LogP contribution in [0.3, 0.4) is 0 Å². The first-order valence-electron chi connectivity index (χ1n) is 4.78. The Morgan fingerprint density at radius 3 is 2.94 bits per heavy atom. The normalized spacial score (nSPS) is 10.3. The average Bonchev–Trinajstić information content (AvgIpc) is 2.70. The summed E-state index contributed by atoms with van der Waals surface area (Å²) < 4.78 is 18.2. The van der Waals surface area contributed by atoms with Crippen molar-refractivity contribution in [1.82, 2.24) is 10.1 Å². The van der Waals surface area contributed by atoms with Crippen LogP contribution >= 0.6 is 0 Å². The summed E-state index contributed by atoms with van der Waals surface area (Å²) in [4.78, 5) is 14.2. The van der Waals surface area contributed by atoms with E-state index in [1.807, 2.05) is 0 Å². The first-order chi connectivity index (χ1) is 7.79. The van der Waals surface area contributed by atoms with Crippen LogP contribution in [-0.4, -0.2) is 16.4 Å². The molecule has 0 aliphatic rings. The van der Waals surface area contributed by atoms with Crippen molar-refractivity contribution in [2.75, 3.05) is 0 Å². The lowest BCUT2D eigenvalue weighted by Gasteiger charge is -1.97. The van der Waals surface area contributed by atoms with Crippen molar-refractivity contribution in [2.45, 2.75) is 12.8 Å². The van der Waals surface area contributed by atoms with Gasteiger partial charge in [0, 0.05) is 0 Å². The minimum absolute atomic E-state index is 0.112. The fourth-order valence-electron chi connectivity index (χ4n) is 1.32. The maximum Gasteiger partial charge on any atom is 0.231 e. The molecule has 0 amide bonds. The van der Waals surface area contributed by atoms with Gasteiger partial charge in [0.1, 0.15) is 12.1 Å². The Morgan fingerprint density at radius 2 is 2.19 bits per heavy atom. The fourth-order valence-corrected chi connectivity index (χ4v) is 1.32. The smallest absolute Gasteiger partial charge is 0.231 e. The van der Waals surface area contributed by atoms with Crippen LogP contribution in [0, 0.1) is 5.82 Å². The molecule has 1 aromatic carbocycles. The zero-order valence-electron chi connectivity index (χ0n) is 8.39. The first kappa shape index (κ1) is 10.5. The van der Waals surface area contributed by atoms with E-state index in [0.29, 0.717) is 23.6 Å². The summed E-state index contributed by atoms with van der Waals surface area (Å²) in [5, 5.41) is 3.59. The lowest BCUT2D eigenvalue weighted by atomic mass is 10.1. The standard InChI is InChI=1S/C11H9FN2O2/c12-9-4-2-1-3-8(9)7-11-13-10(5-6-15)14-16-11/h1-4,6H,5,7H2. The van der Waals surface area contributed by atoms with Crippen molar-refractivity contribution in [3.05, 3.63) is 47.4 Å². The van der Waals surface area contributed by atoms with Crippen molar-refractivity contribution in [2.24, 2.45) is 0 Å². The molecule has 0 atom stereocenters. The molecule has 2 aromatic rings. The molecule has 0 saturated heterocycles. The van der Waals surface area contributed by atoms with Crippen LogP contribution < -0.4 is 0 Å². The van der Waals surface area contributed by atoms with Crippen LogP contribution in [0.15, 0.2) is 28.8 Å². The number of nitrogens with zero attached hydrogens (tertiary/aromatic N) is 2. The van der Waals surface area contributed by atoms with Gasteiger partial charge in [-0.25, -0.2) is 4.39 Å². The van der Waals surface area contributed by atoms with Crippen molar-refractivity contribution in [1.29, 1.82) is 0 Å². The third-order valence-electron chi connectivity index (χ3n) is 2.08.